The Balaban J connectivity index is 1.94. The number of benzene rings is 1. The second kappa shape index (κ2) is 4.97. The van der Waals surface area contributed by atoms with E-state index in [9.17, 15) is 0 Å². The van der Waals surface area contributed by atoms with Gasteiger partial charge in [0.15, 0.2) is 5.65 Å². The number of aromatic nitrogens is 3. The molecular formula is C17H18N4. The number of nitrogens with one attached hydrogen (secondary N) is 1. The zero-order chi connectivity index (χ0) is 14.1. The molecule has 4 rings (SSSR count). The Morgan fingerprint density at radius 3 is 2.48 bits per heavy atom. The van der Waals surface area contributed by atoms with Gasteiger partial charge in [-0.3, -0.25) is 4.40 Å². The van der Waals surface area contributed by atoms with Gasteiger partial charge in [-0.15, -0.1) is 10.2 Å². The quantitative estimate of drug-likeness (QED) is 0.782. The molecule has 0 spiro atoms. The van der Waals surface area contributed by atoms with Gasteiger partial charge in [0.25, 0.3) is 0 Å². The second-order valence-electron chi connectivity index (χ2n) is 5.65. The van der Waals surface area contributed by atoms with Gasteiger partial charge in [-0.05, 0) is 43.6 Å². The fourth-order valence-electron chi connectivity index (χ4n) is 3.42. The zero-order valence-corrected chi connectivity index (χ0v) is 11.9. The van der Waals surface area contributed by atoms with Gasteiger partial charge >= 0.3 is 0 Å². The summed E-state index contributed by atoms with van der Waals surface area (Å²) in [5.74, 6) is 1.06. The molecule has 0 unspecified atom stereocenters. The third kappa shape index (κ3) is 1.94. The number of hydrogen-bond acceptors (Lipinski definition) is 3. The van der Waals surface area contributed by atoms with E-state index in [4.69, 9.17) is 0 Å². The lowest BCUT2D eigenvalue weighted by Crippen LogP contribution is -2.42. The molecule has 0 atom stereocenters. The summed E-state index contributed by atoms with van der Waals surface area (Å²) >= 11 is 0. The van der Waals surface area contributed by atoms with Crippen LogP contribution >= 0.6 is 0 Å². The van der Waals surface area contributed by atoms with Crippen molar-refractivity contribution in [1.82, 2.24) is 19.9 Å². The van der Waals surface area contributed by atoms with Crippen LogP contribution in [0.1, 0.15) is 24.2 Å². The smallest absolute Gasteiger partial charge is 0.160 e. The van der Waals surface area contributed by atoms with Crippen molar-refractivity contribution in [3.63, 3.8) is 0 Å². The van der Waals surface area contributed by atoms with Crippen LogP contribution in [0, 0.1) is 0 Å². The minimum absolute atomic E-state index is 0.0483. The number of piperidine rings is 1. The van der Waals surface area contributed by atoms with Gasteiger partial charge in [0.2, 0.25) is 0 Å². The molecule has 1 aliphatic rings. The molecule has 106 valence electrons. The Kier molecular flexibility index (Phi) is 2.97. The van der Waals surface area contributed by atoms with Gasteiger partial charge in [-0.1, -0.05) is 36.4 Å². The standard InChI is InChI=1S/C17H18N4/c1-2-6-14(7-3-1)17(9-11-18-12-10-17)16-20-19-15-8-4-5-13-21(15)16/h1-8,13,18H,9-12H2. The van der Waals surface area contributed by atoms with Crippen molar-refractivity contribution in [2.24, 2.45) is 0 Å². The predicted molar refractivity (Wildman–Crippen MR) is 82.3 cm³/mol. The van der Waals surface area contributed by atoms with E-state index in [-0.39, 0.29) is 5.41 Å². The fourth-order valence-corrected chi connectivity index (χ4v) is 3.42. The number of nitrogens with zero attached hydrogens (tertiary/aromatic N) is 3. The van der Waals surface area contributed by atoms with Crippen molar-refractivity contribution in [2.45, 2.75) is 18.3 Å². The van der Waals surface area contributed by atoms with Crippen molar-refractivity contribution in [1.29, 1.82) is 0 Å². The molecular weight excluding hydrogens is 260 g/mol. The number of fused-ring (bicyclic) bond motifs is 1. The van der Waals surface area contributed by atoms with E-state index >= 15 is 0 Å². The van der Waals surface area contributed by atoms with Crippen LogP contribution < -0.4 is 5.32 Å². The van der Waals surface area contributed by atoms with E-state index in [1.54, 1.807) is 0 Å². The Bertz CT molecular complexity index is 742. The normalized spacial score (nSPS) is 17.9. The molecule has 1 aromatic carbocycles. The maximum absolute atomic E-state index is 4.55. The van der Waals surface area contributed by atoms with E-state index in [0.29, 0.717) is 0 Å². The van der Waals surface area contributed by atoms with Crippen LogP contribution in [-0.2, 0) is 5.41 Å². The van der Waals surface area contributed by atoms with E-state index in [1.165, 1.54) is 5.56 Å². The van der Waals surface area contributed by atoms with Crippen LogP contribution in [0.15, 0.2) is 54.7 Å². The molecule has 0 saturated carbocycles. The maximum atomic E-state index is 4.55. The fraction of sp³-hybridized carbons (Fsp3) is 0.294. The van der Waals surface area contributed by atoms with Crippen LogP contribution in [0.2, 0.25) is 0 Å². The molecule has 21 heavy (non-hydrogen) atoms. The summed E-state index contributed by atoms with van der Waals surface area (Å²) < 4.78 is 2.14. The van der Waals surface area contributed by atoms with Gasteiger partial charge in [0.1, 0.15) is 5.82 Å². The highest BCUT2D eigenvalue weighted by molar-refractivity contribution is 5.42. The lowest BCUT2D eigenvalue weighted by Gasteiger charge is -2.36. The topological polar surface area (TPSA) is 42.2 Å². The summed E-state index contributed by atoms with van der Waals surface area (Å²) in [5.41, 5.74) is 2.21. The Hall–Kier alpha value is -2.20. The lowest BCUT2D eigenvalue weighted by molar-refractivity contribution is 0.343. The summed E-state index contributed by atoms with van der Waals surface area (Å²) in [6.07, 6.45) is 4.16. The van der Waals surface area contributed by atoms with Crippen LogP contribution in [0.5, 0.6) is 0 Å². The second-order valence-corrected chi connectivity index (χ2v) is 5.65. The third-order valence-corrected chi connectivity index (χ3v) is 4.53. The van der Waals surface area contributed by atoms with Gasteiger partial charge in [0, 0.05) is 6.20 Å². The average Bonchev–Trinajstić information content (AvgIpc) is 3.01. The summed E-state index contributed by atoms with van der Waals surface area (Å²) in [5, 5.41) is 12.4. The monoisotopic (exact) mass is 278 g/mol. The van der Waals surface area contributed by atoms with Gasteiger partial charge < -0.3 is 5.32 Å². The molecule has 1 N–H and O–H groups in total. The highest BCUT2D eigenvalue weighted by Gasteiger charge is 2.39. The van der Waals surface area contributed by atoms with Crippen LogP contribution in [0.3, 0.4) is 0 Å². The van der Waals surface area contributed by atoms with Crippen molar-refractivity contribution in [3.8, 4) is 0 Å². The molecule has 0 aliphatic carbocycles. The van der Waals surface area contributed by atoms with Crippen LogP contribution in [-0.4, -0.2) is 27.7 Å². The molecule has 0 amide bonds. The van der Waals surface area contributed by atoms with Crippen LogP contribution in [0.25, 0.3) is 5.65 Å². The molecule has 1 fully saturated rings. The molecule has 3 aromatic rings. The molecule has 4 nitrogen and oxygen atoms in total. The minimum Gasteiger partial charge on any atom is -0.317 e. The molecule has 1 saturated heterocycles. The van der Waals surface area contributed by atoms with Crippen molar-refractivity contribution < 1.29 is 0 Å². The summed E-state index contributed by atoms with van der Waals surface area (Å²) in [7, 11) is 0. The zero-order valence-electron chi connectivity index (χ0n) is 11.9. The van der Waals surface area contributed by atoms with Gasteiger partial charge in [-0.25, -0.2) is 0 Å². The van der Waals surface area contributed by atoms with Crippen LogP contribution in [0.4, 0.5) is 0 Å². The SMILES string of the molecule is c1ccc(C2(c3nnc4ccccn34)CCNCC2)cc1. The average molecular weight is 278 g/mol. The van der Waals surface area contributed by atoms with E-state index in [2.05, 4.69) is 56.4 Å². The molecule has 0 radical (unpaired) electrons. The van der Waals surface area contributed by atoms with E-state index in [1.807, 2.05) is 18.2 Å². The predicted octanol–water partition coefficient (Wildman–Crippen LogP) is 2.40. The largest absolute Gasteiger partial charge is 0.317 e. The highest BCUT2D eigenvalue weighted by Crippen LogP contribution is 2.39. The molecule has 1 aliphatic heterocycles. The number of rotatable bonds is 2. The van der Waals surface area contributed by atoms with Gasteiger partial charge in [0.05, 0.1) is 5.41 Å². The van der Waals surface area contributed by atoms with Crippen molar-refractivity contribution in [2.75, 3.05) is 13.1 Å². The lowest BCUT2D eigenvalue weighted by atomic mass is 9.72. The first kappa shape index (κ1) is 12.5. The summed E-state index contributed by atoms with van der Waals surface area (Å²) in [6.45, 7) is 2.02. The molecule has 4 heteroatoms. The summed E-state index contributed by atoms with van der Waals surface area (Å²) in [4.78, 5) is 0. The van der Waals surface area contributed by atoms with Crippen molar-refractivity contribution in [3.05, 3.63) is 66.1 Å². The van der Waals surface area contributed by atoms with Crippen molar-refractivity contribution >= 4 is 5.65 Å². The first-order valence-corrected chi connectivity index (χ1v) is 7.47. The maximum Gasteiger partial charge on any atom is 0.160 e. The molecule has 3 heterocycles. The third-order valence-electron chi connectivity index (χ3n) is 4.53. The highest BCUT2D eigenvalue weighted by atomic mass is 15.3. The minimum atomic E-state index is -0.0483. The Morgan fingerprint density at radius 2 is 1.67 bits per heavy atom. The van der Waals surface area contributed by atoms with E-state index in [0.717, 1.165) is 37.4 Å². The first-order chi connectivity index (χ1) is 10.4. The first-order valence-electron chi connectivity index (χ1n) is 7.47. The Labute approximate surface area is 123 Å². The van der Waals surface area contributed by atoms with E-state index < -0.39 is 0 Å². The summed E-state index contributed by atoms with van der Waals surface area (Å²) in [6, 6.07) is 16.8. The molecule has 0 bridgehead atoms. The Morgan fingerprint density at radius 1 is 0.905 bits per heavy atom. The molecule has 2 aromatic heterocycles. The van der Waals surface area contributed by atoms with Gasteiger partial charge in [-0.2, -0.15) is 0 Å². The number of hydrogen-bond donors (Lipinski definition) is 1. The number of pyridine rings is 1.